The van der Waals surface area contributed by atoms with Crippen LogP contribution in [0.2, 0.25) is 0 Å². The molecule has 7 heteroatoms. The summed E-state index contributed by atoms with van der Waals surface area (Å²) >= 11 is 0. The van der Waals surface area contributed by atoms with Crippen molar-refractivity contribution in [2.24, 2.45) is 7.05 Å². The third-order valence-corrected chi connectivity index (χ3v) is 4.51. The number of carbonyl (C=O) groups is 2. The Hall–Kier alpha value is -3.35. The van der Waals surface area contributed by atoms with Crippen LogP contribution in [0.3, 0.4) is 0 Å². The van der Waals surface area contributed by atoms with Crippen LogP contribution in [0.5, 0.6) is 5.75 Å². The topological polar surface area (TPSA) is 82.5 Å². The molecule has 0 fully saturated rings. The van der Waals surface area contributed by atoms with Gasteiger partial charge >= 0.3 is 5.97 Å². The predicted octanol–water partition coefficient (Wildman–Crippen LogP) is 3.14. The van der Waals surface area contributed by atoms with Crippen LogP contribution >= 0.6 is 0 Å². The van der Waals surface area contributed by atoms with Crippen molar-refractivity contribution in [1.82, 2.24) is 9.78 Å². The van der Waals surface area contributed by atoms with Crippen molar-refractivity contribution >= 4 is 28.3 Å². The van der Waals surface area contributed by atoms with Gasteiger partial charge in [-0.15, -0.1) is 0 Å². The van der Waals surface area contributed by atoms with Gasteiger partial charge < -0.3 is 14.8 Å². The Bertz CT molecular complexity index is 1030. The highest BCUT2D eigenvalue weighted by Gasteiger charge is 2.21. The largest absolute Gasteiger partial charge is 0.482 e. The highest BCUT2D eigenvalue weighted by Crippen LogP contribution is 2.21. The Morgan fingerprint density at radius 2 is 1.86 bits per heavy atom. The molecule has 1 heterocycles. The molecule has 28 heavy (non-hydrogen) atoms. The first-order valence-electron chi connectivity index (χ1n) is 8.97. The number of aromatic nitrogens is 2. The van der Waals surface area contributed by atoms with Gasteiger partial charge in [0.25, 0.3) is 5.91 Å². The van der Waals surface area contributed by atoms with Crippen molar-refractivity contribution in [3.8, 4) is 5.75 Å². The lowest BCUT2D eigenvalue weighted by Gasteiger charge is -2.14. The number of esters is 1. The molecule has 0 radical (unpaired) electrons. The molecule has 146 valence electrons. The molecule has 0 aliphatic rings. The van der Waals surface area contributed by atoms with Gasteiger partial charge in [-0.2, -0.15) is 5.10 Å². The van der Waals surface area contributed by atoms with Crippen LogP contribution in [0.25, 0.3) is 10.8 Å². The molecule has 0 unspecified atom stereocenters. The molecule has 2 aromatic carbocycles. The summed E-state index contributed by atoms with van der Waals surface area (Å²) in [6, 6.07) is 13.4. The van der Waals surface area contributed by atoms with Gasteiger partial charge in [0.15, 0.2) is 12.7 Å². The maximum atomic E-state index is 12.3. The lowest BCUT2D eigenvalue weighted by molar-refractivity contribution is -0.155. The fourth-order valence-electron chi connectivity index (χ4n) is 2.86. The minimum atomic E-state index is -0.952. The zero-order valence-corrected chi connectivity index (χ0v) is 16.4. The molecule has 1 N–H and O–H groups in total. The predicted molar refractivity (Wildman–Crippen MR) is 106 cm³/mol. The quantitative estimate of drug-likeness (QED) is 0.664. The Morgan fingerprint density at radius 3 is 2.54 bits per heavy atom. The number of ether oxygens (including phenoxy) is 2. The summed E-state index contributed by atoms with van der Waals surface area (Å²) in [5.74, 6) is -0.469. The third-order valence-electron chi connectivity index (χ3n) is 4.51. The molecule has 3 aromatic rings. The average Bonchev–Trinajstić information content (AvgIpc) is 2.92. The summed E-state index contributed by atoms with van der Waals surface area (Å²) in [6.45, 7) is 4.89. The molecule has 0 saturated heterocycles. The minimum Gasteiger partial charge on any atom is -0.482 e. The summed E-state index contributed by atoms with van der Waals surface area (Å²) in [5, 5.41) is 9.10. The maximum absolute atomic E-state index is 12.3. The van der Waals surface area contributed by atoms with Gasteiger partial charge in [-0.25, -0.2) is 4.79 Å². The molecule has 1 amide bonds. The molecule has 0 aliphatic heterocycles. The number of nitrogens with one attached hydrogen (secondary N) is 1. The fraction of sp³-hybridized carbons (Fsp3) is 0.286. The summed E-state index contributed by atoms with van der Waals surface area (Å²) in [7, 11) is 1.80. The van der Waals surface area contributed by atoms with Crippen molar-refractivity contribution in [3.63, 3.8) is 0 Å². The number of carbonyl (C=O) groups excluding carboxylic acids is 2. The molecule has 0 aliphatic carbocycles. The first-order chi connectivity index (χ1) is 13.3. The van der Waals surface area contributed by atoms with Crippen LogP contribution < -0.4 is 10.1 Å². The average molecular weight is 381 g/mol. The van der Waals surface area contributed by atoms with E-state index in [-0.39, 0.29) is 6.61 Å². The number of hydrogen-bond acceptors (Lipinski definition) is 5. The molecule has 7 nitrogen and oxygen atoms in total. The molecular formula is C21H23N3O4. The van der Waals surface area contributed by atoms with Gasteiger partial charge in [0.05, 0.1) is 17.1 Å². The number of hydrogen-bond donors (Lipinski definition) is 1. The van der Waals surface area contributed by atoms with Crippen LogP contribution in [0.4, 0.5) is 5.69 Å². The standard InChI is InChI=1S/C21H23N3O4/c1-13-20(14(2)24(4)23-13)22-21(26)15(3)28-19(25)12-27-18-10-9-16-7-5-6-8-17(16)11-18/h5-11,15H,12H2,1-4H3,(H,22,26)/t15-/m1/s1. The molecule has 0 bridgehead atoms. The van der Waals surface area contributed by atoms with Gasteiger partial charge in [0.2, 0.25) is 0 Å². The molecule has 3 rings (SSSR count). The molecule has 0 saturated carbocycles. The Balaban J connectivity index is 1.53. The normalized spacial score (nSPS) is 11.9. The Morgan fingerprint density at radius 1 is 1.14 bits per heavy atom. The third kappa shape index (κ3) is 4.31. The van der Waals surface area contributed by atoms with Crippen molar-refractivity contribution < 1.29 is 19.1 Å². The van der Waals surface area contributed by atoms with E-state index in [0.29, 0.717) is 17.1 Å². The molecule has 1 atom stereocenters. The number of aryl methyl sites for hydroxylation is 2. The molecule has 0 spiro atoms. The van der Waals surface area contributed by atoms with E-state index >= 15 is 0 Å². The van der Waals surface area contributed by atoms with Crippen molar-refractivity contribution in [3.05, 3.63) is 53.9 Å². The van der Waals surface area contributed by atoms with Gasteiger partial charge in [-0.05, 0) is 43.7 Å². The number of fused-ring (bicyclic) bond motifs is 1. The zero-order valence-electron chi connectivity index (χ0n) is 16.4. The first kappa shape index (κ1) is 19.4. The van der Waals surface area contributed by atoms with Crippen LogP contribution in [-0.2, 0) is 21.4 Å². The Labute approximate surface area is 163 Å². The number of rotatable bonds is 6. The highest BCUT2D eigenvalue weighted by atomic mass is 16.6. The van der Waals surface area contributed by atoms with E-state index in [1.807, 2.05) is 43.3 Å². The van der Waals surface area contributed by atoms with Crippen molar-refractivity contribution in [1.29, 1.82) is 0 Å². The van der Waals surface area contributed by atoms with Crippen LogP contribution in [0.15, 0.2) is 42.5 Å². The van der Waals surface area contributed by atoms with Crippen molar-refractivity contribution in [2.75, 3.05) is 11.9 Å². The number of amides is 1. The fourth-order valence-corrected chi connectivity index (χ4v) is 2.86. The van der Waals surface area contributed by atoms with Gasteiger partial charge in [-0.3, -0.25) is 9.48 Å². The summed E-state index contributed by atoms with van der Waals surface area (Å²) in [5.41, 5.74) is 2.15. The number of benzene rings is 2. The lowest BCUT2D eigenvalue weighted by Crippen LogP contribution is -2.32. The monoisotopic (exact) mass is 381 g/mol. The zero-order chi connectivity index (χ0) is 20.3. The SMILES string of the molecule is Cc1nn(C)c(C)c1NC(=O)[C@@H](C)OC(=O)COc1ccc2ccccc2c1. The van der Waals surface area contributed by atoms with E-state index in [9.17, 15) is 9.59 Å². The number of nitrogens with zero attached hydrogens (tertiary/aromatic N) is 2. The minimum absolute atomic E-state index is 0.277. The number of anilines is 1. The second-order valence-corrected chi connectivity index (χ2v) is 6.59. The van der Waals surface area contributed by atoms with E-state index in [1.54, 1.807) is 24.7 Å². The molecular weight excluding hydrogens is 358 g/mol. The second-order valence-electron chi connectivity index (χ2n) is 6.59. The highest BCUT2D eigenvalue weighted by molar-refractivity contribution is 5.96. The van der Waals surface area contributed by atoms with Crippen LogP contribution in [0, 0.1) is 13.8 Å². The summed E-state index contributed by atoms with van der Waals surface area (Å²) in [6.07, 6.45) is -0.952. The van der Waals surface area contributed by atoms with Crippen LogP contribution in [-0.4, -0.2) is 34.4 Å². The summed E-state index contributed by atoms with van der Waals surface area (Å²) < 4.78 is 12.4. The smallest absolute Gasteiger partial charge is 0.344 e. The Kier molecular flexibility index (Phi) is 5.63. The van der Waals surface area contributed by atoms with E-state index in [0.717, 1.165) is 16.5 Å². The molecule has 1 aromatic heterocycles. The van der Waals surface area contributed by atoms with Crippen LogP contribution in [0.1, 0.15) is 18.3 Å². The first-order valence-corrected chi connectivity index (χ1v) is 8.97. The van der Waals surface area contributed by atoms with E-state index in [1.165, 1.54) is 6.92 Å². The summed E-state index contributed by atoms with van der Waals surface area (Å²) in [4.78, 5) is 24.4. The second kappa shape index (κ2) is 8.12. The lowest BCUT2D eigenvalue weighted by atomic mass is 10.1. The van der Waals surface area contributed by atoms with Gasteiger partial charge in [0, 0.05) is 7.05 Å². The van der Waals surface area contributed by atoms with Gasteiger partial charge in [0.1, 0.15) is 5.75 Å². The van der Waals surface area contributed by atoms with E-state index < -0.39 is 18.0 Å². The van der Waals surface area contributed by atoms with Gasteiger partial charge in [-0.1, -0.05) is 30.3 Å². The van der Waals surface area contributed by atoms with Crippen molar-refractivity contribution in [2.45, 2.75) is 26.9 Å². The van der Waals surface area contributed by atoms with E-state index in [2.05, 4.69) is 10.4 Å². The van der Waals surface area contributed by atoms with E-state index in [4.69, 9.17) is 9.47 Å². The maximum Gasteiger partial charge on any atom is 0.344 e.